The van der Waals surface area contributed by atoms with Gasteiger partial charge in [0.2, 0.25) is 0 Å². The topological polar surface area (TPSA) is 72.9 Å². The van der Waals surface area contributed by atoms with Crippen molar-refractivity contribution in [1.82, 2.24) is 15.1 Å². The molecule has 0 spiro atoms. The molecule has 0 bridgehead atoms. The predicted molar refractivity (Wildman–Crippen MR) is 90.5 cm³/mol. The van der Waals surface area contributed by atoms with E-state index in [1.165, 1.54) is 18.6 Å². The summed E-state index contributed by atoms with van der Waals surface area (Å²) in [6.45, 7) is 2.44. The average molecular weight is 330 g/mol. The number of halogens is 1. The van der Waals surface area contributed by atoms with Crippen LogP contribution in [0.5, 0.6) is 0 Å². The Labute approximate surface area is 141 Å². The quantitative estimate of drug-likeness (QED) is 0.905. The summed E-state index contributed by atoms with van der Waals surface area (Å²) >= 11 is 0. The van der Waals surface area contributed by atoms with Gasteiger partial charge >= 0.3 is 0 Å². The highest BCUT2D eigenvalue weighted by atomic mass is 19.1. The van der Waals surface area contributed by atoms with Gasteiger partial charge in [0.25, 0.3) is 5.91 Å². The number of rotatable bonds is 4. The summed E-state index contributed by atoms with van der Waals surface area (Å²) in [5, 5.41) is 7.40. The van der Waals surface area contributed by atoms with Crippen molar-refractivity contribution in [3.8, 4) is 5.69 Å². The number of nitrogens with zero attached hydrogens (tertiary/aromatic N) is 2. The molecule has 1 amide bonds. The average Bonchev–Trinajstić information content (AvgIpc) is 2.98. The van der Waals surface area contributed by atoms with Gasteiger partial charge in [0.05, 0.1) is 23.1 Å². The number of amides is 1. The normalized spacial score (nSPS) is 20.8. The van der Waals surface area contributed by atoms with Crippen LogP contribution in [0.4, 0.5) is 4.39 Å². The van der Waals surface area contributed by atoms with Crippen LogP contribution in [0, 0.1) is 18.7 Å². The summed E-state index contributed by atoms with van der Waals surface area (Å²) in [6.07, 6.45) is 5.90. The molecule has 0 aliphatic heterocycles. The molecule has 1 aromatic heterocycles. The number of hydrogen-bond donors (Lipinski definition) is 2. The van der Waals surface area contributed by atoms with Gasteiger partial charge in [0.15, 0.2) is 0 Å². The Morgan fingerprint density at radius 3 is 2.75 bits per heavy atom. The minimum absolute atomic E-state index is 0.119. The molecule has 1 saturated carbocycles. The zero-order valence-electron chi connectivity index (χ0n) is 13.8. The number of benzene rings is 1. The smallest absolute Gasteiger partial charge is 0.254 e. The summed E-state index contributed by atoms with van der Waals surface area (Å²) in [7, 11) is 0. The van der Waals surface area contributed by atoms with Gasteiger partial charge in [-0.25, -0.2) is 9.07 Å². The van der Waals surface area contributed by atoms with Gasteiger partial charge in [0, 0.05) is 6.04 Å². The Morgan fingerprint density at radius 2 is 2.04 bits per heavy atom. The molecule has 1 heterocycles. The molecular weight excluding hydrogens is 307 g/mol. The van der Waals surface area contributed by atoms with E-state index in [1.807, 2.05) is 6.92 Å². The maximum atomic E-state index is 13.1. The Hall–Kier alpha value is -2.21. The zero-order chi connectivity index (χ0) is 17.1. The van der Waals surface area contributed by atoms with E-state index in [2.05, 4.69) is 10.4 Å². The molecule has 128 valence electrons. The van der Waals surface area contributed by atoms with E-state index in [4.69, 9.17) is 5.73 Å². The Morgan fingerprint density at radius 1 is 1.33 bits per heavy atom. The van der Waals surface area contributed by atoms with Crippen LogP contribution in [0.2, 0.25) is 0 Å². The Kier molecular flexibility index (Phi) is 4.94. The number of aromatic nitrogens is 2. The lowest BCUT2D eigenvalue weighted by atomic mass is 9.84. The summed E-state index contributed by atoms with van der Waals surface area (Å²) in [5.41, 5.74) is 7.84. The van der Waals surface area contributed by atoms with Gasteiger partial charge in [-0.3, -0.25) is 4.79 Å². The van der Waals surface area contributed by atoms with E-state index in [0.29, 0.717) is 18.0 Å². The van der Waals surface area contributed by atoms with Gasteiger partial charge in [-0.05, 0) is 56.5 Å². The van der Waals surface area contributed by atoms with E-state index >= 15 is 0 Å². The van der Waals surface area contributed by atoms with E-state index in [9.17, 15) is 9.18 Å². The lowest BCUT2D eigenvalue weighted by molar-refractivity contribution is 0.0907. The van der Waals surface area contributed by atoms with Crippen LogP contribution in [0.3, 0.4) is 0 Å². The number of hydrogen-bond acceptors (Lipinski definition) is 3. The number of nitrogens with one attached hydrogen (secondary N) is 1. The highest BCUT2D eigenvalue weighted by molar-refractivity contribution is 5.95. The molecule has 3 rings (SSSR count). The SMILES string of the molecule is Cc1c(C(=O)NC2CCCCC2CN)cnn1-c1ccc(F)cc1. The molecule has 2 aromatic rings. The van der Waals surface area contributed by atoms with E-state index < -0.39 is 0 Å². The third-order valence-corrected chi connectivity index (χ3v) is 4.85. The highest BCUT2D eigenvalue weighted by Gasteiger charge is 2.26. The molecule has 1 fully saturated rings. The maximum absolute atomic E-state index is 13.1. The van der Waals surface area contributed by atoms with E-state index in [-0.39, 0.29) is 17.8 Å². The van der Waals surface area contributed by atoms with Gasteiger partial charge < -0.3 is 11.1 Å². The first-order chi connectivity index (χ1) is 11.6. The van der Waals surface area contributed by atoms with Gasteiger partial charge in [-0.2, -0.15) is 5.10 Å². The molecule has 3 N–H and O–H groups in total. The maximum Gasteiger partial charge on any atom is 0.254 e. The van der Waals surface area contributed by atoms with Crippen LogP contribution in [0.15, 0.2) is 30.5 Å². The van der Waals surface area contributed by atoms with Crippen molar-refractivity contribution in [3.05, 3.63) is 47.5 Å². The van der Waals surface area contributed by atoms with Crippen molar-refractivity contribution in [2.75, 3.05) is 6.54 Å². The monoisotopic (exact) mass is 330 g/mol. The fourth-order valence-electron chi connectivity index (χ4n) is 3.40. The largest absolute Gasteiger partial charge is 0.349 e. The second kappa shape index (κ2) is 7.13. The number of nitrogens with two attached hydrogens (primary N) is 1. The predicted octanol–water partition coefficient (Wildman–Crippen LogP) is 2.57. The van der Waals surface area contributed by atoms with Crippen molar-refractivity contribution >= 4 is 5.91 Å². The van der Waals surface area contributed by atoms with Crippen LogP contribution in [0.25, 0.3) is 5.69 Å². The van der Waals surface area contributed by atoms with Crippen molar-refractivity contribution in [2.24, 2.45) is 11.7 Å². The zero-order valence-corrected chi connectivity index (χ0v) is 13.8. The van der Waals surface area contributed by atoms with Gasteiger partial charge in [-0.15, -0.1) is 0 Å². The lowest BCUT2D eigenvalue weighted by Crippen LogP contribution is -2.44. The minimum Gasteiger partial charge on any atom is -0.349 e. The van der Waals surface area contributed by atoms with Crippen molar-refractivity contribution in [1.29, 1.82) is 0 Å². The summed E-state index contributed by atoms with van der Waals surface area (Å²) in [5.74, 6) is -0.0759. The Balaban J connectivity index is 1.77. The van der Waals surface area contributed by atoms with Crippen LogP contribution in [0.1, 0.15) is 41.7 Å². The van der Waals surface area contributed by atoms with Crippen molar-refractivity contribution < 1.29 is 9.18 Å². The molecule has 0 saturated heterocycles. The standard InChI is InChI=1S/C18H23FN4O/c1-12-16(11-21-23(12)15-8-6-14(19)7-9-15)18(24)22-17-5-3-2-4-13(17)10-20/h6-9,11,13,17H,2-5,10,20H2,1H3,(H,22,24). The van der Waals surface area contributed by atoms with Gasteiger partial charge in [-0.1, -0.05) is 12.8 Å². The highest BCUT2D eigenvalue weighted by Crippen LogP contribution is 2.24. The molecule has 24 heavy (non-hydrogen) atoms. The second-order valence-electron chi connectivity index (χ2n) is 6.39. The molecule has 0 radical (unpaired) electrons. The third kappa shape index (κ3) is 3.33. The molecule has 1 aliphatic carbocycles. The van der Waals surface area contributed by atoms with Crippen LogP contribution in [-0.4, -0.2) is 28.3 Å². The lowest BCUT2D eigenvalue weighted by Gasteiger charge is -2.31. The van der Waals surface area contributed by atoms with E-state index in [0.717, 1.165) is 30.6 Å². The molecular formula is C18H23FN4O. The van der Waals surface area contributed by atoms with Crippen LogP contribution in [-0.2, 0) is 0 Å². The van der Waals surface area contributed by atoms with Gasteiger partial charge in [0.1, 0.15) is 5.82 Å². The molecule has 5 nitrogen and oxygen atoms in total. The first-order valence-corrected chi connectivity index (χ1v) is 8.41. The Bertz CT molecular complexity index is 710. The fraction of sp³-hybridized carbons (Fsp3) is 0.444. The van der Waals surface area contributed by atoms with Crippen LogP contribution < -0.4 is 11.1 Å². The number of carbonyl (C=O) groups excluding carboxylic acids is 1. The summed E-state index contributed by atoms with van der Waals surface area (Å²) in [6, 6.07) is 6.17. The summed E-state index contributed by atoms with van der Waals surface area (Å²) < 4.78 is 14.7. The van der Waals surface area contributed by atoms with E-state index in [1.54, 1.807) is 23.0 Å². The van der Waals surface area contributed by atoms with Crippen LogP contribution >= 0.6 is 0 Å². The molecule has 6 heteroatoms. The first-order valence-electron chi connectivity index (χ1n) is 8.41. The second-order valence-corrected chi connectivity index (χ2v) is 6.39. The summed E-state index contributed by atoms with van der Waals surface area (Å²) in [4.78, 5) is 12.6. The molecule has 1 aromatic carbocycles. The molecule has 2 atom stereocenters. The first kappa shape index (κ1) is 16.6. The van der Waals surface area contributed by atoms with Crippen molar-refractivity contribution in [3.63, 3.8) is 0 Å². The minimum atomic E-state index is -0.299. The molecule has 1 aliphatic rings. The fourth-order valence-corrected chi connectivity index (χ4v) is 3.40. The van der Waals surface area contributed by atoms with Crippen molar-refractivity contribution in [2.45, 2.75) is 38.6 Å². The number of carbonyl (C=O) groups is 1. The third-order valence-electron chi connectivity index (χ3n) is 4.85. The molecule has 2 unspecified atom stereocenters.